The van der Waals surface area contributed by atoms with Crippen LogP contribution in [-0.4, -0.2) is 32.8 Å². The highest BCUT2D eigenvalue weighted by atomic mass is 79.9. The summed E-state index contributed by atoms with van der Waals surface area (Å²) >= 11 is 3.42. The third-order valence-electron chi connectivity index (χ3n) is 3.67. The second kappa shape index (κ2) is 5.40. The Labute approximate surface area is 124 Å². The van der Waals surface area contributed by atoms with Gasteiger partial charge >= 0.3 is 5.97 Å². The van der Waals surface area contributed by atoms with Crippen LogP contribution in [0, 0.1) is 5.92 Å². The van der Waals surface area contributed by atoms with Gasteiger partial charge in [-0.1, -0.05) is 0 Å². The van der Waals surface area contributed by atoms with Gasteiger partial charge in [-0.15, -0.1) is 10.2 Å². The van der Waals surface area contributed by atoms with E-state index < -0.39 is 0 Å². The van der Waals surface area contributed by atoms with Gasteiger partial charge in [-0.3, -0.25) is 4.79 Å². The predicted molar refractivity (Wildman–Crippen MR) is 76.0 cm³/mol. The minimum absolute atomic E-state index is 0.0510. The molecule has 6 nitrogen and oxygen atoms in total. The van der Waals surface area contributed by atoms with E-state index in [2.05, 4.69) is 35.7 Å². The number of esters is 1. The van der Waals surface area contributed by atoms with E-state index in [1.165, 1.54) is 7.11 Å². The maximum atomic E-state index is 11.7. The van der Waals surface area contributed by atoms with E-state index in [0.29, 0.717) is 0 Å². The zero-order chi connectivity index (χ0) is 14.1. The largest absolute Gasteiger partial charge is 0.469 e. The average molecular weight is 339 g/mol. The van der Waals surface area contributed by atoms with Crippen molar-refractivity contribution in [1.82, 2.24) is 19.7 Å². The molecule has 1 aliphatic heterocycles. The number of aryl methyl sites for hydroxylation is 1. The number of fused-ring (bicyclic) bond motifs is 1. The third kappa shape index (κ3) is 2.37. The second-order valence-corrected chi connectivity index (χ2v) is 5.79. The minimum Gasteiger partial charge on any atom is -0.469 e. The lowest BCUT2D eigenvalue weighted by atomic mass is 10.0. The molecule has 7 heteroatoms. The summed E-state index contributed by atoms with van der Waals surface area (Å²) in [6, 6.07) is 1.97. The summed E-state index contributed by atoms with van der Waals surface area (Å²) in [6.45, 7) is 0.730. The first-order valence-corrected chi connectivity index (χ1v) is 7.32. The molecule has 2 aromatic rings. The van der Waals surface area contributed by atoms with Crippen LogP contribution in [0.1, 0.15) is 18.7 Å². The quantitative estimate of drug-likeness (QED) is 0.851. The van der Waals surface area contributed by atoms with Gasteiger partial charge in [0.1, 0.15) is 5.82 Å². The van der Waals surface area contributed by atoms with Crippen molar-refractivity contribution in [1.29, 1.82) is 0 Å². The molecule has 0 amide bonds. The molecule has 0 saturated carbocycles. The van der Waals surface area contributed by atoms with Gasteiger partial charge < -0.3 is 14.3 Å². The van der Waals surface area contributed by atoms with Crippen LogP contribution >= 0.6 is 15.9 Å². The fourth-order valence-electron chi connectivity index (χ4n) is 2.59. The summed E-state index contributed by atoms with van der Waals surface area (Å²) in [7, 11) is 1.44. The van der Waals surface area contributed by atoms with E-state index in [4.69, 9.17) is 4.74 Å². The number of carbonyl (C=O) groups is 1. The lowest BCUT2D eigenvalue weighted by molar-refractivity contribution is -0.145. The first kappa shape index (κ1) is 13.4. The highest BCUT2D eigenvalue weighted by Gasteiger charge is 2.26. The van der Waals surface area contributed by atoms with Crippen LogP contribution in [-0.2, 0) is 22.5 Å². The molecule has 1 unspecified atom stereocenters. The molecular weight excluding hydrogens is 324 g/mol. The molecule has 0 aliphatic carbocycles. The monoisotopic (exact) mass is 338 g/mol. The van der Waals surface area contributed by atoms with Crippen LogP contribution in [0.25, 0.3) is 11.5 Å². The number of methoxy groups -OCH3 is 1. The number of H-pyrrole nitrogens is 1. The van der Waals surface area contributed by atoms with E-state index in [0.717, 1.165) is 47.6 Å². The van der Waals surface area contributed by atoms with Crippen molar-refractivity contribution >= 4 is 21.9 Å². The SMILES string of the molecule is COC(=O)C1CCc2nnc(-c3cc(Br)c[nH]3)n2CC1. The molecule has 0 fully saturated rings. The Balaban J connectivity index is 1.87. The fourth-order valence-corrected chi connectivity index (χ4v) is 2.93. The number of aromatic nitrogens is 4. The van der Waals surface area contributed by atoms with Crippen molar-refractivity contribution in [2.45, 2.75) is 25.8 Å². The maximum Gasteiger partial charge on any atom is 0.308 e. The van der Waals surface area contributed by atoms with Gasteiger partial charge in [0.15, 0.2) is 5.82 Å². The summed E-state index contributed by atoms with van der Waals surface area (Å²) in [5.41, 5.74) is 0.923. The molecule has 2 aromatic heterocycles. The average Bonchev–Trinajstić information content (AvgIpc) is 2.99. The molecule has 3 heterocycles. The van der Waals surface area contributed by atoms with Gasteiger partial charge in [-0.05, 0) is 34.8 Å². The number of rotatable bonds is 2. The van der Waals surface area contributed by atoms with Crippen molar-refractivity contribution in [2.24, 2.45) is 5.92 Å². The first-order valence-electron chi connectivity index (χ1n) is 6.53. The van der Waals surface area contributed by atoms with Crippen molar-refractivity contribution in [3.8, 4) is 11.5 Å². The lowest BCUT2D eigenvalue weighted by Gasteiger charge is -2.10. The zero-order valence-corrected chi connectivity index (χ0v) is 12.7. The summed E-state index contributed by atoms with van der Waals surface area (Å²) in [6.07, 6.45) is 4.13. The van der Waals surface area contributed by atoms with Crippen molar-refractivity contribution in [3.05, 3.63) is 22.6 Å². The fraction of sp³-hybridized carbons (Fsp3) is 0.462. The number of halogens is 1. The summed E-state index contributed by atoms with van der Waals surface area (Å²) in [4.78, 5) is 14.8. The Morgan fingerprint density at radius 1 is 1.50 bits per heavy atom. The number of aromatic amines is 1. The summed E-state index contributed by atoms with van der Waals surface area (Å²) in [5, 5.41) is 8.51. The Morgan fingerprint density at radius 3 is 3.05 bits per heavy atom. The van der Waals surface area contributed by atoms with Crippen LogP contribution < -0.4 is 0 Å². The summed E-state index contributed by atoms with van der Waals surface area (Å²) < 4.78 is 7.90. The van der Waals surface area contributed by atoms with Crippen LogP contribution in [0.3, 0.4) is 0 Å². The summed E-state index contributed by atoms with van der Waals surface area (Å²) in [5.74, 6) is 1.56. The van der Waals surface area contributed by atoms with Crippen molar-refractivity contribution in [2.75, 3.05) is 7.11 Å². The molecule has 3 rings (SSSR count). The van der Waals surface area contributed by atoms with E-state index in [1.807, 2.05) is 12.3 Å². The van der Waals surface area contributed by atoms with E-state index >= 15 is 0 Å². The molecule has 0 saturated heterocycles. The minimum atomic E-state index is -0.132. The van der Waals surface area contributed by atoms with Crippen LogP contribution in [0.2, 0.25) is 0 Å². The number of hydrogen-bond donors (Lipinski definition) is 1. The number of nitrogens with one attached hydrogen (secondary N) is 1. The van der Waals surface area contributed by atoms with E-state index in [-0.39, 0.29) is 11.9 Å². The maximum absolute atomic E-state index is 11.7. The molecule has 0 aromatic carbocycles. The number of ether oxygens (including phenoxy) is 1. The number of carbonyl (C=O) groups excluding carboxylic acids is 1. The molecule has 1 atom stereocenters. The Hall–Kier alpha value is -1.63. The van der Waals surface area contributed by atoms with Crippen molar-refractivity contribution in [3.63, 3.8) is 0 Å². The van der Waals surface area contributed by atoms with Crippen LogP contribution in [0.5, 0.6) is 0 Å². The molecule has 1 N–H and O–H groups in total. The molecular formula is C13H15BrN4O2. The Bertz CT molecular complexity index is 634. The van der Waals surface area contributed by atoms with Gasteiger partial charge in [0.05, 0.1) is 18.7 Å². The van der Waals surface area contributed by atoms with Gasteiger partial charge in [-0.25, -0.2) is 0 Å². The first-order chi connectivity index (χ1) is 9.69. The molecule has 1 aliphatic rings. The van der Waals surface area contributed by atoms with Crippen molar-refractivity contribution < 1.29 is 9.53 Å². The third-order valence-corrected chi connectivity index (χ3v) is 4.13. The van der Waals surface area contributed by atoms with Gasteiger partial charge in [0, 0.05) is 23.6 Å². The number of hydrogen-bond acceptors (Lipinski definition) is 4. The van der Waals surface area contributed by atoms with Crippen LogP contribution in [0.15, 0.2) is 16.7 Å². The van der Waals surface area contributed by atoms with E-state index in [1.54, 1.807) is 0 Å². The van der Waals surface area contributed by atoms with Crippen LogP contribution in [0.4, 0.5) is 0 Å². The van der Waals surface area contributed by atoms with E-state index in [9.17, 15) is 4.79 Å². The second-order valence-electron chi connectivity index (χ2n) is 4.87. The normalized spacial score (nSPS) is 18.4. The molecule has 20 heavy (non-hydrogen) atoms. The predicted octanol–water partition coefficient (Wildman–Crippen LogP) is 2.16. The zero-order valence-electron chi connectivity index (χ0n) is 11.1. The van der Waals surface area contributed by atoms with Gasteiger partial charge in [0.2, 0.25) is 0 Å². The lowest BCUT2D eigenvalue weighted by Crippen LogP contribution is -2.16. The smallest absolute Gasteiger partial charge is 0.308 e. The highest BCUT2D eigenvalue weighted by Crippen LogP contribution is 2.26. The molecule has 106 valence electrons. The Morgan fingerprint density at radius 2 is 2.35 bits per heavy atom. The molecule has 0 bridgehead atoms. The highest BCUT2D eigenvalue weighted by molar-refractivity contribution is 9.10. The Kier molecular flexibility index (Phi) is 3.60. The standard InChI is InChI=1S/C13H15BrN4O2/c1-20-13(19)8-2-3-11-16-17-12(18(11)5-4-8)10-6-9(14)7-15-10/h6-8,15H,2-5H2,1H3. The molecule has 0 radical (unpaired) electrons. The van der Waals surface area contributed by atoms with Gasteiger partial charge in [-0.2, -0.15) is 0 Å². The molecule has 0 spiro atoms. The number of nitrogens with zero attached hydrogens (tertiary/aromatic N) is 3. The van der Waals surface area contributed by atoms with Gasteiger partial charge in [0.25, 0.3) is 0 Å². The topological polar surface area (TPSA) is 72.8 Å².